The van der Waals surface area contributed by atoms with Gasteiger partial charge in [0.15, 0.2) is 0 Å². The van der Waals surface area contributed by atoms with Gasteiger partial charge in [-0.3, -0.25) is 4.79 Å². The minimum Gasteiger partial charge on any atom is -0.342 e. The van der Waals surface area contributed by atoms with Gasteiger partial charge in [0.1, 0.15) is 0 Å². The Labute approximate surface area is 91.2 Å². The highest BCUT2D eigenvalue weighted by molar-refractivity contribution is 5.79. The molecule has 0 aromatic rings. The summed E-state index contributed by atoms with van der Waals surface area (Å²) in [6.07, 6.45) is 2.55. The molecule has 3 aliphatic rings. The highest BCUT2D eigenvalue weighted by Crippen LogP contribution is 2.38. The Morgan fingerprint density at radius 2 is 1.87 bits per heavy atom. The standard InChI is InChI=1S/C12H20N2O/c1-8(9-2-3-9)12(15)14-6-10-4-13-5-11(10)7-14/h8-11,13H,2-7H2,1H3. The summed E-state index contributed by atoms with van der Waals surface area (Å²) in [6.45, 7) is 6.37. The monoisotopic (exact) mass is 208 g/mol. The molecule has 2 heterocycles. The number of hydrogen-bond acceptors (Lipinski definition) is 2. The summed E-state index contributed by atoms with van der Waals surface area (Å²) in [7, 11) is 0. The van der Waals surface area contributed by atoms with Crippen molar-refractivity contribution in [3.05, 3.63) is 0 Å². The SMILES string of the molecule is CC(C(=O)N1CC2CNCC2C1)C1CC1. The summed E-state index contributed by atoms with van der Waals surface area (Å²) in [5.74, 6) is 2.89. The van der Waals surface area contributed by atoms with Crippen LogP contribution in [0.15, 0.2) is 0 Å². The zero-order valence-corrected chi connectivity index (χ0v) is 9.41. The fourth-order valence-corrected chi connectivity index (χ4v) is 3.12. The first kappa shape index (κ1) is 9.64. The van der Waals surface area contributed by atoms with Crippen LogP contribution in [0.4, 0.5) is 0 Å². The molecule has 15 heavy (non-hydrogen) atoms. The summed E-state index contributed by atoms with van der Waals surface area (Å²) in [4.78, 5) is 14.3. The van der Waals surface area contributed by atoms with Crippen molar-refractivity contribution < 1.29 is 4.79 Å². The summed E-state index contributed by atoms with van der Waals surface area (Å²) in [5.41, 5.74) is 0. The Hall–Kier alpha value is -0.570. The van der Waals surface area contributed by atoms with Gasteiger partial charge in [0.2, 0.25) is 5.91 Å². The molecule has 2 saturated heterocycles. The molecule has 0 spiro atoms. The molecular formula is C12H20N2O. The van der Waals surface area contributed by atoms with E-state index < -0.39 is 0 Å². The maximum Gasteiger partial charge on any atom is 0.225 e. The zero-order chi connectivity index (χ0) is 10.4. The molecule has 1 amide bonds. The number of amides is 1. The lowest BCUT2D eigenvalue weighted by molar-refractivity contribution is -0.134. The van der Waals surface area contributed by atoms with Gasteiger partial charge in [-0.05, 0) is 30.6 Å². The number of fused-ring (bicyclic) bond motifs is 1. The van der Waals surface area contributed by atoms with Crippen molar-refractivity contribution in [3.8, 4) is 0 Å². The van der Waals surface area contributed by atoms with Crippen molar-refractivity contribution >= 4 is 5.91 Å². The minimum absolute atomic E-state index is 0.289. The Morgan fingerprint density at radius 3 is 2.40 bits per heavy atom. The molecule has 3 rings (SSSR count). The molecule has 3 atom stereocenters. The summed E-state index contributed by atoms with van der Waals surface area (Å²) in [5, 5.41) is 3.41. The molecule has 3 unspecified atom stereocenters. The van der Waals surface area contributed by atoms with Gasteiger partial charge >= 0.3 is 0 Å². The normalized spacial score (nSPS) is 36.7. The van der Waals surface area contributed by atoms with Crippen molar-refractivity contribution in [1.29, 1.82) is 0 Å². The lowest BCUT2D eigenvalue weighted by Crippen LogP contribution is -2.36. The van der Waals surface area contributed by atoms with Crippen LogP contribution in [0.2, 0.25) is 0 Å². The third-order valence-corrected chi connectivity index (χ3v) is 4.42. The predicted molar refractivity (Wildman–Crippen MR) is 58.3 cm³/mol. The van der Waals surface area contributed by atoms with Crippen LogP contribution >= 0.6 is 0 Å². The van der Waals surface area contributed by atoms with Gasteiger partial charge in [-0.25, -0.2) is 0 Å². The Bertz CT molecular complexity index is 263. The molecule has 0 radical (unpaired) electrons. The number of nitrogens with one attached hydrogen (secondary N) is 1. The lowest BCUT2D eigenvalue weighted by Gasteiger charge is -2.21. The quantitative estimate of drug-likeness (QED) is 0.725. The maximum absolute atomic E-state index is 12.2. The summed E-state index contributed by atoms with van der Waals surface area (Å²) < 4.78 is 0. The van der Waals surface area contributed by atoms with E-state index in [9.17, 15) is 4.79 Å². The largest absolute Gasteiger partial charge is 0.342 e. The highest BCUT2D eigenvalue weighted by atomic mass is 16.2. The molecular weight excluding hydrogens is 188 g/mol. The average molecular weight is 208 g/mol. The zero-order valence-electron chi connectivity index (χ0n) is 9.41. The second-order valence-electron chi connectivity index (χ2n) is 5.55. The molecule has 1 N–H and O–H groups in total. The molecule has 1 saturated carbocycles. The summed E-state index contributed by atoms with van der Waals surface area (Å²) >= 11 is 0. The molecule has 84 valence electrons. The summed E-state index contributed by atoms with van der Waals surface area (Å²) in [6, 6.07) is 0. The Kier molecular flexibility index (Phi) is 2.23. The lowest BCUT2D eigenvalue weighted by atomic mass is 10.0. The van der Waals surface area contributed by atoms with E-state index in [1.54, 1.807) is 0 Å². The molecule has 3 heteroatoms. The third kappa shape index (κ3) is 1.67. The number of carbonyl (C=O) groups excluding carboxylic acids is 1. The van der Waals surface area contributed by atoms with Gasteiger partial charge in [-0.15, -0.1) is 0 Å². The molecule has 3 fully saturated rings. The van der Waals surface area contributed by atoms with Gasteiger partial charge in [-0.2, -0.15) is 0 Å². The van der Waals surface area contributed by atoms with Gasteiger partial charge in [-0.1, -0.05) is 6.92 Å². The van der Waals surface area contributed by atoms with Crippen LogP contribution in [0.25, 0.3) is 0 Å². The van der Waals surface area contributed by atoms with Crippen molar-refractivity contribution in [3.63, 3.8) is 0 Å². The fraction of sp³-hybridized carbons (Fsp3) is 0.917. The number of carbonyl (C=O) groups is 1. The van der Waals surface area contributed by atoms with E-state index in [4.69, 9.17) is 0 Å². The van der Waals surface area contributed by atoms with Crippen LogP contribution in [-0.4, -0.2) is 37.0 Å². The van der Waals surface area contributed by atoms with Crippen LogP contribution in [0.5, 0.6) is 0 Å². The van der Waals surface area contributed by atoms with E-state index in [1.807, 2.05) is 0 Å². The van der Waals surface area contributed by atoms with E-state index in [2.05, 4.69) is 17.1 Å². The van der Waals surface area contributed by atoms with Crippen LogP contribution in [0, 0.1) is 23.7 Å². The average Bonchev–Trinajstić information content (AvgIpc) is 2.85. The topological polar surface area (TPSA) is 32.3 Å². The number of nitrogens with zero attached hydrogens (tertiary/aromatic N) is 1. The van der Waals surface area contributed by atoms with Crippen LogP contribution in [0.3, 0.4) is 0 Å². The van der Waals surface area contributed by atoms with Gasteiger partial charge < -0.3 is 10.2 Å². The van der Waals surface area contributed by atoms with Crippen molar-refractivity contribution in [1.82, 2.24) is 10.2 Å². The highest BCUT2D eigenvalue weighted by Gasteiger charge is 2.41. The molecule has 0 bridgehead atoms. The molecule has 1 aliphatic carbocycles. The van der Waals surface area contributed by atoms with Gasteiger partial charge in [0.25, 0.3) is 0 Å². The van der Waals surface area contributed by atoms with E-state index >= 15 is 0 Å². The van der Waals surface area contributed by atoms with Crippen LogP contribution < -0.4 is 5.32 Å². The van der Waals surface area contributed by atoms with E-state index in [0.717, 1.165) is 38.0 Å². The van der Waals surface area contributed by atoms with Crippen molar-refractivity contribution in [2.45, 2.75) is 19.8 Å². The minimum atomic E-state index is 0.289. The first-order valence-electron chi connectivity index (χ1n) is 6.25. The Morgan fingerprint density at radius 1 is 1.27 bits per heavy atom. The maximum atomic E-state index is 12.2. The predicted octanol–water partition coefficient (Wildman–Crippen LogP) is 0.710. The van der Waals surface area contributed by atoms with Crippen molar-refractivity contribution in [2.24, 2.45) is 23.7 Å². The van der Waals surface area contributed by atoms with Gasteiger partial charge in [0, 0.05) is 32.1 Å². The molecule has 3 nitrogen and oxygen atoms in total. The van der Waals surface area contributed by atoms with Gasteiger partial charge in [0.05, 0.1) is 0 Å². The van der Waals surface area contributed by atoms with Crippen LogP contribution in [-0.2, 0) is 4.79 Å². The van der Waals surface area contributed by atoms with Crippen molar-refractivity contribution in [2.75, 3.05) is 26.2 Å². The fourth-order valence-electron chi connectivity index (χ4n) is 3.12. The van der Waals surface area contributed by atoms with E-state index in [-0.39, 0.29) is 5.92 Å². The smallest absolute Gasteiger partial charge is 0.225 e. The van der Waals surface area contributed by atoms with E-state index in [0.29, 0.717) is 11.8 Å². The second kappa shape index (κ2) is 3.48. The van der Waals surface area contributed by atoms with E-state index in [1.165, 1.54) is 12.8 Å². The first-order valence-corrected chi connectivity index (χ1v) is 6.25. The number of likely N-dealkylation sites (tertiary alicyclic amines) is 1. The van der Waals surface area contributed by atoms with Crippen LogP contribution in [0.1, 0.15) is 19.8 Å². The second-order valence-corrected chi connectivity index (χ2v) is 5.55. The number of hydrogen-bond donors (Lipinski definition) is 1. The molecule has 0 aromatic heterocycles. The Balaban J connectivity index is 1.61. The molecule has 2 aliphatic heterocycles. The molecule has 0 aromatic carbocycles. The third-order valence-electron chi connectivity index (χ3n) is 4.42. The number of rotatable bonds is 2. The first-order chi connectivity index (χ1) is 7.25.